The monoisotopic (exact) mass is 1100 g/mol. The van der Waals surface area contributed by atoms with Crippen LogP contribution in [0.1, 0.15) is 186 Å². The van der Waals surface area contributed by atoms with Gasteiger partial charge in [0.1, 0.15) is 0 Å². The van der Waals surface area contributed by atoms with Crippen LogP contribution in [0.15, 0.2) is 40.9 Å². The molecule has 1 aliphatic heterocycles. The van der Waals surface area contributed by atoms with Crippen molar-refractivity contribution in [3.63, 3.8) is 0 Å². The zero-order valence-corrected chi connectivity index (χ0v) is 49.8. The Morgan fingerprint density at radius 3 is 1.29 bits per heavy atom. The molecule has 1 saturated heterocycles. The van der Waals surface area contributed by atoms with Crippen LogP contribution in [0, 0.1) is 36.5 Å². The molecule has 10 fully saturated rings. The molecule has 2 N–H and O–H groups in total. The van der Waals surface area contributed by atoms with E-state index < -0.39 is 30.7 Å². The first-order valence-corrected chi connectivity index (χ1v) is 32.8. The summed E-state index contributed by atoms with van der Waals surface area (Å²) in [5.41, 5.74) is 0. The smallest absolute Gasteiger partial charge is 0.748 e. The minimum absolute atomic E-state index is 0. The van der Waals surface area contributed by atoms with Crippen LogP contribution in [-0.2, 0) is 25.0 Å². The molecule has 1 heterocycles. The van der Waals surface area contributed by atoms with Gasteiger partial charge in [0.05, 0.1) is 81.8 Å². The van der Waals surface area contributed by atoms with Gasteiger partial charge in [-0.25, -0.2) is 16.8 Å². The van der Waals surface area contributed by atoms with E-state index >= 15 is 0 Å². The Labute approximate surface area is 516 Å². The molecule has 10 aliphatic rings. The van der Waals surface area contributed by atoms with Crippen molar-refractivity contribution in [1.82, 2.24) is 15.5 Å². The van der Waals surface area contributed by atoms with Crippen molar-refractivity contribution in [1.29, 1.82) is 0 Å². The predicted octanol–water partition coefficient (Wildman–Crippen LogP) is -2.75. The summed E-state index contributed by atoms with van der Waals surface area (Å²) in [6.07, 6.45) is 31.7. The molecule has 0 aromatic carbocycles. The van der Waals surface area contributed by atoms with Gasteiger partial charge in [-0.05, 0) is 165 Å². The molecule has 0 amide bonds. The molecular weight excluding hydrogens is 1010 g/mol. The molecule has 18 nitrogen and oxygen atoms in total. The molecule has 0 radical (unpaired) electrons. The van der Waals surface area contributed by atoms with E-state index in [1.165, 1.54) is 38.5 Å². The predicted molar refractivity (Wildman–Crippen MR) is 281 cm³/mol. The van der Waals surface area contributed by atoms with E-state index in [9.17, 15) is 25.9 Å². The van der Waals surface area contributed by atoms with E-state index in [4.69, 9.17) is 40.5 Å². The fourth-order valence-corrected chi connectivity index (χ4v) is 17.5. The fraction of sp³-hybridized carbons (Fsp3) is 0.963. The number of morpholine rings is 1. The molecule has 78 heavy (non-hydrogen) atoms. The van der Waals surface area contributed by atoms with Crippen LogP contribution < -0.4 is 86.1 Å². The molecule has 0 aromatic rings. The van der Waals surface area contributed by atoms with Gasteiger partial charge in [-0.15, -0.1) is 0 Å². The maximum Gasteiger partial charge on any atom is 1.00 e. The van der Waals surface area contributed by atoms with Crippen LogP contribution in [0.5, 0.6) is 0 Å². The van der Waals surface area contributed by atoms with E-state index in [1.54, 1.807) is 0 Å². The SMILES string of the molecule is O=S(=O)([O-])C1CCC(N=NC2CCC(N=NC3CCC(NC4CC(NC5CCC(N=NC6CCC(N=NC7CC[CH-]CC7)C7C[CH-]CCC67)CC5)CC(N5CCOCC5)C4)CC3)C3CCC(S(=O)(=O)[O-])CC23)CC1.[Li+].[Li+].[Li+].[Li+]. The van der Waals surface area contributed by atoms with Crippen molar-refractivity contribution in [2.75, 3.05) is 26.3 Å². The van der Waals surface area contributed by atoms with E-state index in [1.807, 2.05) is 0 Å². The van der Waals surface area contributed by atoms with Crippen molar-refractivity contribution in [3.05, 3.63) is 12.8 Å². The fourth-order valence-electron chi connectivity index (χ4n) is 15.8. The summed E-state index contributed by atoms with van der Waals surface area (Å²) < 4.78 is 77.1. The third-order valence-electron chi connectivity index (χ3n) is 20.1. The summed E-state index contributed by atoms with van der Waals surface area (Å²) in [5, 5.41) is 46.1. The number of rotatable bonds is 15. The third kappa shape index (κ3) is 18.7. The summed E-state index contributed by atoms with van der Waals surface area (Å²) in [4.78, 5) is 2.69. The topological polar surface area (TPSA) is 250 Å². The summed E-state index contributed by atoms with van der Waals surface area (Å²) in [5.74, 6) is 1.11. The van der Waals surface area contributed by atoms with Gasteiger partial charge in [-0.3, -0.25) is 4.90 Å². The molecule has 0 aromatic heterocycles. The van der Waals surface area contributed by atoms with Crippen molar-refractivity contribution in [2.45, 2.75) is 275 Å². The summed E-state index contributed by atoms with van der Waals surface area (Å²) in [6, 6.07) is 3.63. The number of fused-ring (bicyclic) bond motifs is 2. The summed E-state index contributed by atoms with van der Waals surface area (Å²) in [7, 11) is -8.76. The number of azo groups is 4. The van der Waals surface area contributed by atoms with Crippen molar-refractivity contribution in [2.24, 2.45) is 64.6 Å². The number of hydrogen-bond donors (Lipinski definition) is 2. The van der Waals surface area contributed by atoms with Crippen molar-refractivity contribution < 1.29 is 106 Å². The quantitative estimate of drug-likeness (QED) is 0.0741. The molecular formula is C54H89Li4N11O7S2. The molecule has 12 unspecified atom stereocenters. The first-order chi connectivity index (χ1) is 35.9. The Kier molecular flexibility index (Phi) is 28.0. The van der Waals surface area contributed by atoms with E-state index in [-0.39, 0.29) is 131 Å². The average molecular weight is 1100 g/mol. The Balaban J connectivity index is 0.00000246. The molecule has 0 bridgehead atoms. The summed E-state index contributed by atoms with van der Waals surface area (Å²) >= 11 is 0. The maximum atomic E-state index is 12.2. The number of nitrogens with zero attached hydrogens (tertiary/aromatic N) is 9. The van der Waals surface area contributed by atoms with Crippen LogP contribution >= 0.6 is 0 Å². The van der Waals surface area contributed by atoms with Gasteiger partial charge in [-0.2, -0.15) is 66.6 Å². The van der Waals surface area contributed by atoms with Crippen LogP contribution in [0.4, 0.5) is 0 Å². The van der Waals surface area contributed by atoms with Crippen LogP contribution in [0.25, 0.3) is 0 Å². The third-order valence-corrected chi connectivity index (χ3v) is 22.6. The first kappa shape index (κ1) is 67.6. The number of nitrogens with one attached hydrogen (secondary N) is 2. The van der Waals surface area contributed by atoms with Gasteiger partial charge in [0, 0.05) is 53.8 Å². The van der Waals surface area contributed by atoms with Crippen molar-refractivity contribution >= 4 is 20.2 Å². The first-order valence-electron chi connectivity index (χ1n) is 29.8. The Morgan fingerprint density at radius 2 is 0.808 bits per heavy atom. The van der Waals surface area contributed by atoms with Gasteiger partial charge in [-0.1, -0.05) is 19.3 Å². The maximum absolute atomic E-state index is 12.2. The Hall–Kier alpha value is 0.450. The Morgan fingerprint density at radius 1 is 0.397 bits per heavy atom. The molecule has 9 aliphatic carbocycles. The molecule has 10 rings (SSSR count). The van der Waals surface area contributed by atoms with Gasteiger partial charge in [0.2, 0.25) is 0 Å². The molecule has 418 valence electrons. The van der Waals surface area contributed by atoms with E-state index in [0.29, 0.717) is 98.3 Å². The standard InChI is InChI=1S/C54H91N11O7S2.4Li/c66-73(67,68)45-20-18-41(19-21-45)60-64-54-27-26-53(49-23-22-46(35-50(49)54)74(69,70)71)63-59-40-16-12-37(13-17-40)56-43-32-42(33-44(34-43)65-28-30-72-31-29-65)55-36-10-14-39(15-11-36)58-62-52-25-24-51(47-8-4-5-9-48(47)52)61-57-38-6-2-1-3-7-38;;;;/h1,4,36-56H,2-3,5-35H2,(H,66,67,68)(H,69,70,71);;;;/q-2;4*+1/p-2. The minimum Gasteiger partial charge on any atom is -0.748 e. The zero-order valence-electron chi connectivity index (χ0n) is 48.2. The largest absolute Gasteiger partial charge is 1.00 e. The molecule has 24 heteroatoms. The number of ether oxygens (including phenoxy) is 1. The second-order valence-corrected chi connectivity index (χ2v) is 28.1. The van der Waals surface area contributed by atoms with Gasteiger partial charge in [0.25, 0.3) is 0 Å². The molecule has 12 atom stereocenters. The number of hydrogen-bond acceptors (Lipinski definition) is 18. The average Bonchev–Trinajstić information content (AvgIpc) is 3.42. The molecule has 0 spiro atoms. The minimum atomic E-state index is -4.44. The van der Waals surface area contributed by atoms with Crippen molar-refractivity contribution in [3.8, 4) is 0 Å². The Bertz CT molecular complexity index is 2140. The molecule has 9 saturated carbocycles. The van der Waals surface area contributed by atoms with Crippen LogP contribution in [0.3, 0.4) is 0 Å². The van der Waals surface area contributed by atoms with Crippen LogP contribution in [-0.4, -0.2) is 146 Å². The second-order valence-electron chi connectivity index (χ2n) is 24.8. The van der Waals surface area contributed by atoms with E-state index in [0.717, 1.165) is 123 Å². The van der Waals surface area contributed by atoms with Gasteiger partial charge in [0.15, 0.2) is 0 Å². The van der Waals surface area contributed by atoms with Gasteiger partial charge >= 0.3 is 75.4 Å². The second kappa shape index (κ2) is 32.3. The normalized spacial score (nSPS) is 40.7. The van der Waals surface area contributed by atoms with E-state index in [2.05, 4.69) is 33.5 Å². The zero-order chi connectivity index (χ0) is 51.1. The summed E-state index contributed by atoms with van der Waals surface area (Å²) in [6.45, 7) is 3.65. The van der Waals surface area contributed by atoms with Gasteiger partial charge < -0.3 is 37.3 Å². The van der Waals surface area contributed by atoms with Crippen LogP contribution in [0.2, 0.25) is 0 Å².